The Kier molecular flexibility index (Phi) is 4.10. The molecule has 0 fully saturated rings. The molecule has 0 N–H and O–H groups in total. The second-order valence-electron chi connectivity index (χ2n) is 5.33. The molecule has 7 heteroatoms. The normalized spacial score (nSPS) is 17.5. The first-order valence-electron chi connectivity index (χ1n) is 6.82. The summed E-state index contributed by atoms with van der Waals surface area (Å²) in [6.45, 7) is 4.55. The lowest BCUT2D eigenvalue weighted by Crippen LogP contribution is -2.18. The van der Waals surface area contributed by atoms with Crippen LogP contribution in [0, 0.1) is 19.7 Å². The molecule has 1 atom stereocenters. The van der Waals surface area contributed by atoms with Gasteiger partial charge in [-0.05, 0) is 32.0 Å². The fourth-order valence-electron chi connectivity index (χ4n) is 2.47. The Balaban J connectivity index is 1.73. The number of hydrogen-bond donors (Lipinski definition) is 0. The molecule has 3 rings (SSSR count). The van der Waals surface area contributed by atoms with Crippen LogP contribution in [0.4, 0.5) is 4.39 Å². The van der Waals surface area contributed by atoms with Crippen molar-refractivity contribution < 1.29 is 9.23 Å². The van der Waals surface area contributed by atoms with E-state index < -0.39 is 5.82 Å². The molecule has 0 aliphatic carbocycles. The Morgan fingerprint density at radius 2 is 1.95 bits per heavy atom. The highest BCUT2D eigenvalue weighted by molar-refractivity contribution is 6.35. The van der Waals surface area contributed by atoms with Crippen molar-refractivity contribution in [2.45, 2.75) is 32.9 Å². The van der Waals surface area contributed by atoms with Crippen LogP contribution < -0.4 is 0 Å². The van der Waals surface area contributed by atoms with Crippen molar-refractivity contribution in [3.63, 3.8) is 0 Å². The van der Waals surface area contributed by atoms with Crippen molar-refractivity contribution in [3.8, 4) is 0 Å². The van der Waals surface area contributed by atoms with Crippen LogP contribution in [0.15, 0.2) is 23.4 Å². The van der Waals surface area contributed by atoms with Gasteiger partial charge in [-0.1, -0.05) is 28.4 Å². The van der Waals surface area contributed by atoms with Crippen LogP contribution >= 0.6 is 23.2 Å². The van der Waals surface area contributed by atoms with Crippen molar-refractivity contribution in [2.24, 2.45) is 5.16 Å². The first kappa shape index (κ1) is 15.3. The lowest BCUT2D eigenvalue weighted by molar-refractivity contribution is 0.0692. The lowest BCUT2D eigenvalue weighted by Gasteiger charge is -2.10. The lowest BCUT2D eigenvalue weighted by atomic mass is 10.0. The molecule has 1 aromatic carbocycles. The zero-order valence-electron chi connectivity index (χ0n) is 12.1. The number of halogens is 3. The largest absolute Gasteiger partial charge is 0.390 e. The minimum atomic E-state index is -0.620. The van der Waals surface area contributed by atoms with Gasteiger partial charge in [-0.15, -0.1) is 0 Å². The highest BCUT2D eigenvalue weighted by Crippen LogP contribution is 2.27. The molecule has 1 aromatic heterocycles. The Bertz CT molecular complexity index is 734. The van der Waals surface area contributed by atoms with E-state index in [0.717, 1.165) is 11.4 Å². The maximum absolute atomic E-state index is 13.5. The van der Waals surface area contributed by atoms with E-state index in [2.05, 4.69) is 10.3 Å². The van der Waals surface area contributed by atoms with E-state index >= 15 is 0 Å². The molecular formula is C15H14Cl2FN3O. The van der Waals surface area contributed by atoms with Gasteiger partial charge in [0.25, 0.3) is 0 Å². The van der Waals surface area contributed by atoms with Crippen molar-refractivity contribution in [1.82, 2.24) is 9.78 Å². The molecule has 1 aliphatic heterocycles. The van der Waals surface area contributed by atoms with Gasteiger partial charge in [0.1, 0.15) is 0 Å². The molecule has 2 heterocycles. The summed E-state index contributed by atoms with van der Waals surface area (Å²) >= 11 is 11.6. The second kappa shape index (κ2) is 5.89. The molecule has 116 valence electrons. The van der Waals surface area contributed by atoms with Gasteiger partial charge in [0.2, 0.25) is 0 Å². The van der Waals surface area contributed by atoms with E-state index in [9.17, 15) is 4.39 Å². The van der Waals surface area contributed by atoms with Crippen molar-refractivity contribution in [2.75, 3.05) is 0 Å². The number of oxime groups is 1. The zero-order valence-corrected chi connectivity index (χ0v) is 13.6. The predicted molar refractivity (Wildman–Crippen MR) is 84.1 cm³/mol. The van der Waals surface area contributed by atoms with Crippen LogP contribution in [-0.2, 0) is 11.4 Å². The Hall–Kier alpha value is -1.59. The Labute approximate surface area is 137 Å². The molecular weight excluding hydrogens is 328 g/mol. The van der Waals surface area contributed by atoms with Crippen molar-refractivity contribution in [3.05, 3.63) is 51.0 Å². The molecule has 0 saturated heterocycles. The summed E-state index contributed by atoms with van der Waals surface area (Å²) < 4.78 is 15.4. The first-order valence-corrected chi connectivity index (χ1v) is 7.58. The van der Waals surface area contributed by atoms with E-state index in [1.165, 1.54) is 12.1 Å². The first-order chi connectivity index (χ1) is 10.4. The Morgan fingerprint density at radius 3 is 2.55 bits per heavy atom. The Morgan fingerprint density at radius 1 is 1.27 bits per heavy atom. The van der Waals surface area contributed by atoms with E-state index in [1.807, 2.05) is 24.6 Å². The zero-order chi connectivity index (χ0) is 15.9. The van der Waals surface area contributed by atoms with Gasteiger partial charge < -0.3 is 4.84 Å². The second-order valence-corrected chi connectivity index (χ2v) is 6.15. The van der Waals surface area contributed by atoms with Gasteiger partial charge in [0.05, 0.1) is 28.0 Å². The molecule has 0 amide bonds. The summed E-state index contributed by atoms with van der Waals surface area (Å²) in [7, 11) is 0. The summed E-state index contributed by atoms with van der Waals surface area (Å²) in [6, 6.07) is 5.03. The van der Waals surface area contributed by atoms with Gasteiger partial charge in [0, 0.05) is 17.7 Å². The average molecular weight is 342 g/mol. The highest BCUT2D eigenvalue weighted by Gasteiger charge is 2.24. The van der Waals surface area contributed by atoms with E-state index in [1.54, 1.807) is 0 Å². The number of aromatic nitrogens is 2. The van der Waals surface area contributed by atoms with E-state index in [0.29, 0.717) is 24.2 Å². The maximum atomic E-state index is 13.5. The third kappa shape index (κ3) is 2.96. The van der Waals surface area contributed by atoms with E-state index in [-0.39, 0.29) is 16.1 Å². The van der Waals surface area contributed by atoms with Gasteiger partial charge in [-0.25, -0.2) is 4.39 Å². The SMILES string of the molecule is Cc1cc(C)n(C[C@H]2CC(c3cc(Cl)c(F)c(Cl)c3)=NO2)n1. The highest BCUT2D eigenvalue weighted by atomic mass is 35.5. The summed E-state index contributed by atoms with van der Waals surface area (Å²) in [4.78, 5) is 5.45. The monoisotopic (exact) mass is 341 g/mol. The minimum Gasteiger partial charge on any atom is -0.390 e. The van der Waals surface area contributed by atoms with E-state index in [4.69, 9.17) is 28.0 Å². The molecule has 0 radical (unpaired) electrons. The van der Waals surface area contributed by atoms with Crippen LogP contribution in [0.25, 0.3) is 0 Å². The average Bonchev–Trinajstić information content (AvgIpc) is 3.03. The third-order valence-electron chi connectivity index (χ3n) is 3.53. The molecule has 0 bridgehead atoms. The molecule has 22 heavy (non-hydrogen) atoms. The molecule has 2 aromatic rings. The maximum Gasteiger partial charge on any atom is 0.160 e. The van der Waals surface area contributed by atoms with Gasteiger partial charge in [0.15, 0.2) is 11.9 Å². The summed E-state index contributed by atoms with van der Waals surface area (Å²) in [5, 5.41) is 8.43. The van der Waals surface area contributed by atoms with Crippen LogP contribution in [0.2, 0.25) is 10.0 Å². The van der Waals surface area contributed by atoms with Gasteiger partial charge >= 0.3 is 0 Å². The summed E-state index contributed by atoms with van der Waals surface area (Å²) in [5.74, 6) is -0.620. The van der Waals surface area contributed by atoms with Crippen LogP contribution in [-0.4, -0.2) is 21.6 Å². The smallest absolute Gasteiger partial charge is 0.160 e. The number of benzene rings is 1. The minimum absolute atomic E-state index is 0.0211. The van der Waals surface area contributed by atoms with Crippen molar-refractivity contribution >= 4 is 28.9 Å². The molecule has 1 aliphatic rings. The topological polar surface area (TPSA) is 39.4 Å². The number of nitrogens with zero attached hydrogens (tertiary/aromatic N) is 3. The molecule has 0 saturated carbocycles. The number of rotatable bonds is 3. The molecule has 0 spiro atoms. The van der Waals surface area contributed by atoms with Crippen LogP contribution in [0.5, 0.6) is 0 Å². The number of hydrogen-bond acceptors (Lipinski definition) is 3. The third-order valence-corrected chi connectivity index (χ3v) is 4.08. The summed E-state index contributed by atoms with van der Waals surface area (Å²) in [5.41, 5.74) is 3.42. The fourth-order valence-corrected chi connectivity index (χ4v) is 2.96. The van der Waals surface area contributed by atoms with Crippen LogP contribution in [0.1, 0.15) is 23.4 Å². The number of aryl methyl sites for hydroxylation is 2. The predicted octanol–water partition coefficient (Wildman–Crippen LogP) is 4.14. The summed E-state index contributed by atoms with van der Waals surface area (Å²) in [6.07, 6.45) is 0.479. The molecule has 4 nitrogen and oxygen atoms in total. The molecule has 0 unspecified atom stereocenters. The quantitative estimate of drug-likeness (QED) is 0.787. The van der Waals surface area contributed by atoms with Gasteiger partial charge in [-0.3, -0.25) is 4.68 Å². The van der Waals surface area contributed by atoms with Gasteiger partial charge in [-0.2, -0.15) is 5.10 Å². The van der Waals surface area contributed by atoms with Crippen molar-refractivity contribution in [1.29, 1.82) is 0 Å². The van der Waals surface area contributed by atoms with Crippen LogP contribution in [0.3, 0.4) is 0 Å². The fraction of sp³-hybridized carbons (Fsp3) is 0.333. The standard InChI is InChI=1S/C15H14Cl2FN3O/c1-8-3-9(2)21(19-8)7-11-6-14(20-22-11)10-4-12(16)15(18)13(17)5-10/h3-5,11H,6-7H2,1-2H3/t11-/m1/s1.